The maximum absolute atomic E-state index is 12.0. The summed E-state index contributed by atoms with van der Waals surface area (Å²) in [6.07, 6.45) is 1.68. The monoisotopic (exact) mass is 248 g/mol. The van der Waals surface area contributed by atoms with E-state index in [0.717, 1.165) is 30.6 Å². The highest BCUT2D eigenvalue weighted by atomic mass is 16.3. The Morgan fingerprint density at radius 2 is 2.11 bits per heavy atom. The summed E-state index contributed by atoms with van der Waals surface area (Å²) in [5, 5.41) is 12.3. The van der Waals surface area contributed by atoms with E-state index in [-0.39, 0.29) is 6.03 Å². The number of benzene rings is 1. The maximum atomic E-state index is 12.0. The van der Waals surface area contributed by atoms with Crippen LogP contribution in [0.3, 0.4) is 0 Å². The van der Waals surface area contributed by atoms with Gasteiger partial charge in [0.1, 0.15) is 0 Å². The summed E-state index contributed by atoms with van der Waals surface area (Å²) in [5.41, 5.74) is 1.62. The van der Waals surface area contributed by atoms with Crippen molar-refractivity contribution in [3.63, 3.8) is 0 Å². The lowest BCUT2D eigenvalue weighted by atomic mass is 10.1. The zero-order valence-electron chi connectivity index (χ0n) is 10.9. The number of nitrogens with zero attached hydrogens (tertiary/aromatic N) is 1. The first-order chi connectivity index (χ1) is 8.58. The van der Waals surface area contributed by atoms with Crippen molar-refractivity contribution in [3.8, 4) is 0 Å². The Kier molecular flexibility index (Phi) is 3.87. The molecule has 1 aliphatic rings. The quantitative estimate of drug-likeness (QED) is 0.845. The van der Waals surface area contributed by atoms with Gasteiger partial charge in [0.2, 0.25) is 0 Å². The van der Waals surface area contributed by atoms with E-state index in [2.05, 4.69) is 12.2 Å². The Hall–Kier alpha value is -1.55. The molecule has 0 aromatic heterocycles. The minimum Gasteiger partial charge on any atom is -0.389 e. The molecule has 2 unspecified atom stereocenters. The molecule has 0 bridgehead atoms. The van der Waals surface area contributed by atoms with Gasteiger partial charge in [-0.15, -0.1) is 0 Å². The molecule has 1 saturated heterocycles. The number of nitrogens with one attached hydrogen (secondary N) is 1. The maximum Gasteiger partial charge on any atom is 0.322 e. The standard InChI is InChI=1S/C14H20N2O2/c1-10-4-3-9-16(10)14(18)15-13-7-5-12(6-8-13)11(2)17/h5-8,10-11,17H,3-4,9H2,1-2H3,(H,15,18). The van der Waals surface area contributed by atoms with Crippen molar-refractivity contribution in [2.75, 3.05) is 11.9 Å². The van der Waals surface area contributed by atoms with Crippen LogP contribution in [0.15, 0.2) is 24.3 Å². The molecular weight excluding hydrogens is 228 g/mol. The van der Waals surface area contributed by atoms with Gasteiger partial charge in [-0.05, 0) is 44.4 Å². The van der Waals surface area contributed by atoms with Crippen molar-refractivity contribution in [3.05, 3.63) is 29.8 Å². The number of urea groups is 1. The number of carbonyl (C=O) groups is 1. The first-order valence-electron chi connectivity index (χ1n) is 6.43. The lowest BCUT2D eigenvalue weighted by Gasteiger charge is -2.21. The van der Waals surface area contributed by atoms with E-state index in [1.165, 1.54) is 0 Å². The Balaban J connectivity index is 1.98. The lowest BCUT2D eigenvalue weighted by Crippen LogP contribution is -2.37. The molecule has 4 heteroatoms. The number of likely N-dealkylation sites (tertiary alicyclic amines) is 1. The van der Waals surface area contributed by atoms with E-state index in [4.69, 9.17) is 0 Å². The van der Waals surface area contributed by atoms with Crippen LogP contribution in [0.25, 0.3) is 0 Å². The van der Waals surface area contributed by atoms with Gasteiger partial charge in [-0.1, -0.05) is 12.1 Å². The molecular formula is C14H20N2O2. The highest BCUT2D eigenvalue weighted by molar-refractivity contribution is 5.89. The van der Waals surface area contributed by atoms with Crippen molar-refractivity contribution in [2.45, 2.75) is 38.8 Å². The molecule has 0 radical (unpaired) electrons. The van der Waals surface area contributed by atoms with Crippen molar-refractivity contribution in [1.82, 2.24) is 4.90 Å². The smallest absolute Gasteiger partial charge is 0.322 e. The Labute approximate surface area is 108 Å². The molecule has 2 N–H and O–H groups in total. The lowest BCUT2D eigenvalue weighted by molar-refractivity contribution is 0.199. The fourth-order valence-electron chi connectivity index (χ4n) is 2.28. The highest BCUT2D eigenvalue weighted by Crippen LogP contribution is 2.19. The first-order valence-corrected chi connectivity index (χ1v) is 6.43. The normalized spacial score (nSPS) is 20.8. The molecule has 1 aromatic rings. The van der Waals surface area contributed by atoms with Crippen LogP contribution < -0.4 is 5.32 Å². The number of anilines is 1. The van der Waals surface area contributed by atoms with Gasteiger partial charge < -0.3 is 15.3 Å². The van der Waals surface area contributed by atoms with Crippen LogP contribution in [-0.4, -0.2) is 28.6 Å². The van der Waals surface area contributed by atoms with Gasteiger partial charge in [0, 0.05) is 18.3 Å². The molecule has 1 aliphatic heterocycles. The molecule has 2 amide bonds. The predicted molar refractivity (Wildman–Crippen MR) is 71.5 cm³/mol. The SMILES string of the molecule is CC(O)c1ccc(NC(=O)N2CCCC2C)cc1. The molecule has 98 valence electrons. The van der Waals surface area contributed by atoms with E-state index in [9.17, 15) is 9.90 Å². The highest BCUT2D eigenvalue weighted by Gasteiger charge is 2.24. The van der Waals surface area contributed by atoms with Crippen LogP contribution in [0.1, 0.15) is 38.4 Å². The van der Waals surface area contributed by atoms with Crippen molar-refractivity contribution in [1.29, 1.82) is 0 Å². The Morgan fingerprint density at radius 3 is 2.61 bits per heavy atom. The summed E-state index contributed by atoms with van der Waals surface area (Å²) in [7, 11) is 0. The molecule has 0 aliphatic carbocycles. The molecule has 1 heterocycles. The number of carbonyl (C=O) groups excluding carboxylic acids is 1. The number of aliphatic hydroxyl groups is 1. The molecule has 2 rings (SSSR count). The number of hydrogen-bond acceptors (Lipinski definition) is 2. The number of rotatable bonds is 2. The summed E-state index contributed by atoms with van der Waals surface area (Å²) in [5.74, 6) is 0. The molecule has 0 spiro atoms. The summed E-state index contributed by atoms with van der Waals surface area (Å²) in [4.78, 5) is 13.9. The fourth-order valence-corrected chi connectivity index (χ4v) is 2.28. The fraction of sp³-hybridized carbons (Fsp3) is 0.500. The number of aliphatic hydroxyl groups excluding tert-OH is 1. The molecule has 1 aromatic carbocycles. The van der Waals surface area contributed by atoms with Crippen LogP contribution in [0, 0.1) is 0 Å². The topological polar surface area (TPSA) is 52.6 Å². The van der Waals surface area contributed by atoms with Crippen LogP contribution in [0.4, 0.5) is 10.5 Å². The number of amides is 2. The van der Waals surface area contributed by atoms with Gasteiger partial charge in [0.25, 0.3) is 0 Å². The minimum absolute atomic E-state index is 0.0372. The van der Waals surface area contributed by atoms with E-state index >= 15 is 0 Å². The molecule has 4 nitrogen and oxygen atoms in total. The van der Waals surface area contributed by atoms with Gasteiger partial charge in [-0.2, -0.15) is 0 Å². The Morgan fingerprint density at radius 1 is 1.44 bits per heavy atom. The largest absolute Gasteiger partial charge is 0.389 e. The average molecular weight is 248 g/mol. The first kappa shape index (κ1) is 12.9. The summed E-state index contributed by atoms with van der Waals surface area (Å²) < 4.78 is 0. The third kappa shape index (κ3) is 2.82. The average Bonchev–Trinajstić information content (AvgIpc) is 2.76. The molecule has 18 heavy (non-hydrogen) atoms. The predicted octanol–water partition coefficient (Wildman–Crippen LogP) is 2.76. The van der Waals surface area contributed by atoms with Gasteiger partial charge in [0.05, 0.1) is 6.10 Å². The van der Waals surface area contributed by atoms with Gasteiger partial charge in [0.15, 0.2) is 0 Å². The van der Waals surface area contributed by atoms with E-state index in [1.54, 1.807) is 6.92 Å². The van der Waals surface area contributed by atoms with Crippen LogP contribution in [-0.2, 0) is 0 Å². The van der Waals surface area contributed by atoms with Crippen molar-refractivity contribution >= 4 is 11.7 Å². The second-order valence-electron chi connectivity index (χ2n) is 4.91. The number of hydrogen-bond donors (Lipinski definition) is 2. The molecule has 2 atom stereocenters. The second-order valence-corrected chi connectivity index (χ2v) is 4.91. The van der Waals surface area contributed by atoms with E-state index in [0.29, 0.717) is 6.04 Å². The zero-order chi connectivity index (χ0) is 13.1. The summed E-state index contributed by atoms with van der Waals surface area (Å²) >= 11 is 0. The second kappa shape index (κ2) is 5.40. The van der Waals surface area contributed by atoms with Gasteiger partial charge in [-0.3, -0.25) is 0 Å². The molecule has 1 fully saturated rings. The van der Waals surface area contributed by atoms with Crippen LogP contribution in [0.5, 0.6) is 0 Å². The summed E-state index contributed by atoms with van der Waals surface area (Å²) in [6, 6.07) is 7.58. The Bertz CT molecular complexity index is 414. The minimum atomic E-state index is -0.478. The third-order valence-corrected chi connectivity index (χ3v) is 3.46. The van der Waals surface area contributed by atoms with E-state index in [1.807, 2.05) is 29.2 Å². The van der Waals surface area contributed by atoms with Crippen LogP contribution in [0.2, 0.25) is 0 Å². The summed E-state index contributed by atoms with van der Waals surface area (Å²) in [6.45, 7) is 4.63. The van der Waals surface area contributed by atoms with Gasteiger partial charge >= 0.3 is 6.03 Å². The van der Waals surface area contributed by atoms with Crippen LogP contribution >= 0.6 is 0 Å². The van der Waals surface area contributed by atoms with E-state index < -0.39 is 6.10 Å². The van der Waals surface area contributed by atoms with Crippen molar-refractivity contribution < 1.29 is 9.90 Å². The van der Waals surface area contributed by atoms with Gasteiger partial charge in [-0.25, -0.2) is 4.79 Å². The zero-order valence-corrected chi connectivity index (χ0v) is 10.9. The molecule has 0 saturated carbocycles. The third-order valence-electron chi connectivity index (χ3n) is 3.46. The van der Waals surface area contributed by atoms with Crippen molar-refractivity contribution in [2.24, 2.45) is 0 Å².